The number of thiophene rings is 1. The van der Waals surface area contributed by atoms with Crippen LogP contribution in [-0.2, 0) is 13.0 Å². The van der Waals surface area contributed by atoms with Gasteiger partial charge in [-0.05, 0) is 43.2 Å². The van der Waals surface area contributed by atoms with Gasteiger partial charge in [0.1, 0.15) is 5.82 Å². The highest BCUT2D eigenvalue weighted by Gasteiger charge is 2.26. The van der Waals surface area contributed by atoms with Crippen molar-refractivity contribution < 1.29 is 0 Å². The average molecular weight is 300 g/mol. The first-order valence-electron chi connectivity index (χ1n) is 7.68. The Kier molecular flexibility index (Phi) is 3.39. The molecule has 0 bridgehead atoms. The Bertz CT molecular complexity index is 617. The van der Waals surface area contributed by atoms with E-state index < -0.39 is 0 Å². The SMILES string of the molecule is CC1c2ccsc2CCN1c1cnc(CNC2CC2)cn1. The van der Waals surface area contributed by atoms with Gasteiger partial charge >= 0.3 is 0 Å². The maximum Gasteiger partial charge on any atom is 0.147 e. The molecule has 2 aromatic heterocycles. The topological polar surface area (TPSA) is 41.1 Å². The first-order chi connectivity index (χ1) is 10.3. The van der Waals surface area contributed by atoms with Crippen molar-refractivity contribution in [3.63, 3.8) is 0 Å². The van der Waals surface area contributed by atoms with E-state index in [1.54, 1.807) is 0 Å². The number of nitrogens with zero attached hydrogens (tertiary/aromatic N) is 3. The van der Waals surface area contributed by atoms with Crippen LogP contribution in [0.1, 0.15) is 41.9 Å². The molecule has 1 aliphatic heterocycles. The van der Waals surface area contributed by atoms with Gasteiger partial charge in [0, 0.05) is 24.0 Å². The molecule has 1 N–H and O–H groups in total. The zero-order chi connectivity index (χ0) is 14.2. The molecule has 110 valence electrons. The molecule has 1 fully saturated rings. The molecule has 0 spiro atoms. The zero-order valence-electron chi connectivity index (χ0n) is 12.2. The molecular formula is C16H20N4S. The van der Waals surface area contributed by atoms with Crippen LogP contribution >= 0.6 is 11.3 Å². The molecule has 4 rings (SSSR count). The molecule has 4 nitrogen and oxygen atoms in total. The smallest absolute Gasteiger partial charge is 0.147 e. The van der Waals surface area contributed by atoms with Crippen LogP contribution in [0.25, 0.3) is 0 Å². The van der Waals surface area contributed by atoms with Gasteiger partial charge in [0.15, 0.2) is 0 Å². The summed E-state index contributed by atoms with van der Waals surface area (Å²) in [5.41, 5.74) is 2.49. The van der Waals surface area contributed by atoms with E-state index >= 15 is 0 Å². The quantitative estimate of drug-likeness (QED) is 0.942. The van der Waals surface area contributed by atoms with E-state index in [0.717, 1.165) is 31.0 Å². The van der Waals surface area contributed by atoms with Crippen LogP contribution in [0, 0.1) is 0 Å². The summed E-state index contributed by atoms with van der Waals surface area (Å²) in [6.45, 7) is 4.13. The van der Waals surface area contributed by atoms with E-state index in [2.05, 4.69) is 38.6 Å². The monoisotopic (exact) mass is 300 g/mol. The third kappa shape index (κ3) is 2.68. The Morgan fingerprint density at radius 2 is 2.24 bits per heavy atom. The zero-order valence-corrected chi connectivity index (χ0v) is 13.1. The minimum Gasteiger partial charge on any atom is -0.348 e. The number of anilines is 1. The second-order valence-corrected chi connectivity index (χ2v) is 6.94. The second-order valence-electron chi connectivity index (χ2n) is 5.94. The lowest BCUT2D eigenvalue weighted by Gasteiger charge is -2.34. The van der Waals surface area contributed by atoms with Crippen molar-refractivity contribution in [3.05, 3.63) is 40.0 Å². The first-order valence-corrected chi connectivity index (χ1v) is 8.56. The van der Waals surface area contributed by atoms with E-state index in [9.17, 15) is 0 Å². The summed E-state index contributed by atoms with van der Waals surface area (Å²) in [4.78, 5) is 13.1. The molecule has 5 heteroatoms. The lowest BCUT2D eigenvalue weighted by atomic mass is 10.0. The molecule has 3 heterocycles. The van der Waals surface area contributed by atoms with Crippen molar-refractivity contribution in [2.45, 2.75) is 44.8 Å². The third-order valence-electron chi connectivity index (χ3n) is 4.41. The van der Waals surface area contributed by atoms with Crippen LogP contribution in [0.2, 0.25) is 0 Å². The molecule has 0 radical (unpaired) electrons. The van der Waals surface area contributed by atoms with E-state index in [-0.39, 0.29) is 0 Å². The Morgan fingerprint density at radius 3 is 3.00 bits per heavy atom. The molecule has 21 heavy (non-hydrogen) atoms. The summed E-state index contributed by atoms with van der Waals surface area (Å²) in [6, 6.07) is 3.35. The number of nitrogens with one attached hydrogen (secondary N) is 1. The van der Waals surface area contributed by atoms with Gasteiger partial charge in [-0.3, -0.25) is 4.98 Å². The van der Waals surface area contributed by atoms with Crippen LogP contribution in [0.3, 0.4) is 0 Å². The highest BCUT2D eigenvalue weighted by Crippen LogP contribution is 2.34. The molecule has 1 atom stereocenters. The van der Waals surface area contributed by atoms with E-state index in [1.807, 2.05) is 23.7 Å². The molecular weight excluding hydrogens is 280 g/mol. The van der Waals surface area contributed by atoms with Crippen molar-refractivity contribution >= 4 is 17.2 Å². The predicted molar refractivity (Wildman–Crippen MR) is 85.7 cm³/mol. The fraction of sp³-hybridized carbons (Fsp3) is 0.500. The van der Waals surface area contributed by atoms with E-state index in [0.29, 0.717) is 12.1 Å². The number of rotatable bonds is 4. The lowest BCUT2D eigenvalue weighted by molar-refractivity contribution is 0.620. The fourth-order valence-electron chi connectivity index (χ4n) is 2.95. The van der Waals surface area contributed by atoms with Crippen LogP contribution < -0.4 is 10.2 Å². The van der Waals surface area contributed by atoms with Crippen LogP contribution in [0.4, 0.5) is 5.82 Å². The lowest BCUT2D eigenvalue weighted by Crippen LogP contribution is -2.33. The summed E-state index contributed by atoms with van der Waals surface area (Å²) in [5.74, 6) is 0.995. The summed E-state index contributed by atoms with van der Waals surface area (Å²) in [6.07, 6.45) is 7.57. The molecule has 0 saturated heterocycles. The second kappa shape index (κ2) is 5.39. The van der Waals surface area contributed by atoms with E-state index in [4.69, 9.17) is 0 Å². The number of fused-ring (bicyclic) bond motifs is 1. The van der Waals surface area contributed by atoms with Crippen molar-refractivity contribution in [2.24, 2.45) is 0 Å². The standard InChI is InChI=1S/C16H20N4S/c1-11-14-5-7-21-15(14)4-6-20(11)16-10-18-13(9-19-16)8-17-12-2-3-12/h5,7,9-12,17H,2-4,6,8H2,1H3. The number of aromatic nitrogens is 2. The first kappa shape index (κ1) is 13.2. The minimum absolute atomic E-state index is 0.393. The Labute approximate surface area is 129 Å². The summed E-state index contributed by atoms with van der Waals surface area (Å²) < 4.78 is 0. The van der Waals surface area contributed by atoms with Gasteiger partial charge in [0.2, 0.25) is 0 Å². The van der Waals surface area contributed by atoms with Crippen molar-refractivity contribution in [1.82, 2.24) is 15.3 Å². The molecule has 2 aromatic rings. The van der Waals surface area contributed by atoms with Crippen molar-refractivity contribution in [1.29, 1.82) is 0 Å². The van der Waals surface area contributed by atoms with Crippen molar-refractivity contribution in [3.8, 4) is 0 Å². The van der Waals surface area contributed by atoms with Gasteiger partial charge in [-0.2, -0.15) is 0 Å². The normalized spacial score (nSPS) is 21.4. The van der Waals surface area contributed by atoms with Gasteiger partial charge in [-0.1, -0.05) is 0 Å². The van der Waals surface area contributed by atoms with Crippen molar-refractivity contribution in [2.75, 3.05) is 11.4 Å². The van der Waals surface area contributed by atoms with E-state index in [1.165, 1.54) is 23.3 Å². The van der Waals surface area contributed by atoms with Gasteiger partial charge in [-0.15, -0.1) is 11.3 Å². The molecule has 0 aromatic carbocycles. The van der Waals surface area contributed by atoms with Gasteiger partial charge in [-0.25, -0.2) is 4.98 Å². The van der Waals surface area contributed by atoms with Crippen LogP contribution in [0.5, 0.6) is 0 Å². The highest BCUT2D eigenvalue weighted by atomic mass is 32.1. The summed E-state index contributed by atoms with van der Waals surface area (Å²) in [7, 11) is 0. The Balaban J connectivity index is 1.48. The fourth-order valence-corrected chi connectivity index (χ4v) is 3.91. The number of hydrogen-bond acceptors (Lipinski definition) is 5. The summed E-state index contributed by atoms with van der Waals surface area (Å²) in [5, 5.41) is 5.67. The Morgan fingerprint density at radius 1 is 1.33 bits per heavy atom. The van der Waals surface area contributed by atoms with Crippen LogP contribution in [-0.4, -0.2) is 22.6 Å². The number of hydrogen-bond donors (Lipinski definition) is 1. The molecule has 0 amide bonds. The molecule has 1 saturated carbocycles. The minimum atomic E-state index is 0.393. The summed E-state index contributed by atoms with van der Waals surface area (Å²) >= 11 is 1.87. The van der Waals surface area contributed by atoms with Crippen LogP contribution in [0.15, 0.2) is 23.8 Å². The van der Waals surface area contributed by atoms with Gasteiger partial charge in [0.05, 0.1) is 24.1 Å². The molecule has 2 aliphatic rings. The largest absolute Gasteiger partial charge is 0.348 e. The third-order valence-corrected chi connectivity index (χ3v) is 5.41. The Hall–Kier alpha value is -1.46. The maximum atomic E-state index is 4.64. The maximum absolute atomic E-state index is 4.64. The molecule has 1 aliphatic carbocycles. The average Bonchev–Trinajstić information content (AvgIpc) is 3.21. The highest BCUT2D eigenvalue weighted by molar-refractivity contribution is 7.10. The van der Waals surface area contributed by atoms with Gasteiger partial charge < -0.3 is 10.2 Å². The molecule has 1 unspecified atom stereocenters. The van der Waals surface area contributed by atoms with Gasteiger partial charge in [0.25, 0.3) is 0 Å². The predicted octanol–water partition coefficient (Wildman–Crippen LogP) is 2.91.